The molecule has 0 spiro atoms. The van der Waals surface area contributed by atoms with Crippen LogP contribution in [0.15, 0.2) is 65.6 Å². The standard InChI is InChI=1S/C31H35F3N6O6S/c32-31(33,34)23-18-27(38-28(19-23)46-25-8-9-25)39-14-16-40(17-15-39)47(44,45)26-10-6-24(7-11-26)37-29(41)22-4-2-21(3-5-22)20-35-12-1-13-36-30(42)43/h2-7,10-11,18-19,25,35-36H,1,8-9,12-17,20H2,(H,37,41)(H,42,43). The molecule has 2 aromatic carbocycles. The third-order valence-corrected chi connectivity index (χ3v) is 9.50. The smallest absolute Gasteiger partial charge is 0.416 e. The van der Waals surface area contributed by atoms with E-state index in [9.17, 15) is 31.2 Å². The minimum atomic E-state index is -4.58. The molecular weight excluding hydrogens is 641 g/mol. The SMILES string of the molecule is O=C(O)NCCCNCc1ccc(C(=O)Nc2ccc(S(=O)(=O)N3CCN(c4cc(C(F)(F)F)cc(OC5CC5)n4)CC3)cc2)cc1. The Hall–Kier alpha value is -4.41. The number of alkyl halides is 3. The van der Waals surface area contributed by atoms with Gasteiger partial charge in [0.05, 0.1) is 10.5 Å². The summed E-state index contributed by atoms with van der Waals surface area (Å²) in [5.74, 6) is -0.378. The molecule has 1 aromatic heterocycles. The average Bonchev–Trinajstić information content (AvgIpc) is 3.86. The Bertz CT molecular complexity index is 1660. The molecule has 2 fully saturated rings. The maximum atomic E-state index is 13.5. The van der Waals surface area contributed by atoms with Crippen LogP contribution in [-0.2, 0) is 22.7 Å². The number of carbonyl (C=O) groups excluding carboxylic acids is 1. The van der Waals surface area contributed by atoms with E-state index in [0.717, 1.165) is 30.5 Å². The number of nitrogens with zero attached hydrogens (tertiary/aromatic N) is 3. The molecule has 252 valence electrons. The van der Waals surface area contributed by atoms with Gasteiger partial charge in [0.2, 0.25) is 15.9 Å². The zero-order valence-electron chi connectivity index (χ0n) is 25.3. The number of sulfonamides is 1. The van der Waals surface area contributed by atoms with Crippen LogP contribution in [0.3, 0.4) is 0 Å². The molecule has 0 bridgehead atoms. The lowest BCUT2D eigenvalue weighted by atomic mass is 10.1. The molecule has 1 saturated heterocycles. The Morgan fingerprint density at radius 2 is 1.64 bits per heavy atom. The van der Waals surface area contributed by atoms with Gasteiger partial charge in [-0.15, -0.1) is 0 Å². The van der Waals surface area contributed by atoms with Crippen LogP contribution in [-0.4, -0.2) is 80.2 Å². The molecule has 12 nitrogen and oxygen atoms in total. The quantitative estimate of drug-likeness (QED) is 0.196. The summed E-state index contributed by atoms with van der Waals surface area (Å²) in [7, 11) is -3.90. The fraction of sp³-hybridized carbons (Fsp3) is 0.387. The Labute approximate surface area is 270 Å². The zero-order chi connectivity index (χ0) is 33.6. The number of carboxylic acid groups (broad SMARTS) is 1. The maximum Gasteiger partial charge on any atom is 0.416 e. The summed E-state index contributed by atoms with van der Waals surface area (Å²) in [6, 6.07) is 14.6. The summed E-state index contributed by atoms with van der Waals surface area (Å²) < 4.78 is 74.1. The van der Waals surface area contributed by atoms with Gasteiger partial charge in [0, 0.05) is 56.6 Å². The molecule has 5 rings (SSSR count). The highest BCUT2D eigenvalue weighted by atomic mass is 32.2. The van der Waals surface area contributed by atoms with E-state index >= 15 is 0 Å². The number of anilines is 2. The molecule has 1 saturated carbocycles. The van der Waals surface area contributed by atoms with Crippen LogP contribution in [0.5, 0.6) is 5.88 Å². The van der Waals surface area contributed by atoms with Crippen molar-refractivity contribution in [1.82, 2.24) is 19.9 Å². The first-order chi connectivity index (χ1) is 22.4. The Morgan fingerprint density at radius 1 is 0.957 bits per heavy atom. The molecule has 2 aliphatic rings. The lowest BCUT2D eigenvalue weighted by Gasteiger charge is -2.35. The van der Waals surface area contributed by atoms with Crippen molar-refractivity contribution in [2.75, 3.05) is 49.5 Å². The van der Waals surface area contributed by atoms with Crippen LogP contribution in [0, 0.1) is 0 Å². The Kier molecular flexibility index (Phi) is 10.5. The lowest BCUT2D eigenvalue weighted by Crippen LogP contribution is -2.49. The predicted octanol–water partition coefficient (Wildman–Crippen LogP) is 4.15. The van der Waals surface area contributed by atoms with Crippen molar-refractivity contribution in [2.45, 2.75) is 43.0 Å². The molecule has 4 N–H and O–H groups in total. The number of pyridine rings is 1. The van der Waals surface area contributed by atoms with Gasteiger partial charge >= 0.3 is 12.3 Å². The summed E-state index contributed by atoms with van der Waals surface area (Å²) in [4.78, 5) is 29.1. The van der Waals surface area contributed by atoms with E-state index in [4.69, 9.17) is 9.84 Å². The minimum absolute atomic E-state index is 0.0249. The first-order valence-corrected chi connectivity index (χ1v) is 16.5. The van der Waals surface area contributed by atoms with Gasteiger partial charge in [-0.1, -0.05) is 12.1 Å². The van der Waals surface area contributed by atoms with Gasteiger partial charge in [-0.2, -0.15) is 22.5 Å². The second-order valence-electron chi connectivity index (χ2n) is 11.2. The van der Waals surface area contributed by atoms with Crippen molar-refractivity contribution in [3.63, 3.8) is 0 Å². The Morgan fingerprint density at radius 3 is 2.26 bits per heavy atom. The monoisotopic (exact) mass is 676 g/mol. The molecule has 0 unspecified atom stereocenters. The van der Waals surface area contributed by atoms with Crippen LogP contribution >= 0.6 is 0 Å². The number of hydrogen-bond donors (Lipinski definition) is 4. The normalized spacial score (nSPS) is 15.7. The van der Waals surface area contributed by atoms with Gasteiger partial charge in [-0.05, 0) is 73.8 Å². The predicted molar refractivity (Wildman–Crippen MR) is 167 cm³/mol. The van der Waals surface area contributed by atoms with Crippen LogP contribution < -0.4 is 25.6 Å². The largest absolute Gasteiger partial charge is 0.474 e. The number of ether oxygens (including phenoxy) is 1. The first-order valence-electron chi connectivity index (χ1n) is 15.1. The van der Waals surface area contributed by atoms with E-state index in [1.165, 1.54) is 28.6 Å². The highest BCUT2D eigenvalue weighted by Gasteiger charge is 2.35. The van der Waals surface area contributed by atoms with E-state index in [0.29, 0.717) is 37.3 Å². The van der Waals surface area contributed by atoms with Crippen molar-refractivity contribution < 1.29 is 41.0 Å². The maximum absolute atomic E-state index is 13.5. The van der Waals surface area contributed by atoms with Crippen molar-refractivity contribution >= 4 is 33.5 Å². The van der Waals surface area contributed by atoms with Gasteiger partial charge in [0.25, 0.3) is 5.91 Å². The van der Waals surface area contributed by atoms with E-state index in [1.54, 1.807) is 29.2 Å². The van der Waals surface area contributed by atoms with Gasteiger partial charge in [0.15, 0.2) is 0 Å². The number of piperazine rings is 1. The summed E-state index contributed by atoms with van der Waals surface area (Å²) in [6.45, 7) is 1.91. The van der Waals surface area contributed by atoms with Gasteiger partial charge in [0.1, 0.15) is 11.9 Å². The van der Waals surface area contributed by atoms with E-state index in [2.05, 4.69) is 20.9 Å². The third-order valence-electron chi connectivity index (χ3n) is 7.59. The second kappa shape index (κ2) is 14.6. The summed E-state index contributed by atoms with van der Waals surface area (Å²) in [5, 5.41) is 16.8. The summed E-state index contributed by atoms with van der Waals surface area (Å²) in [6.07, 6.45) is -3.59. The van der Waals surface area contributed by atoms with E-state index in [-0.39, 0.29) is 54.8 Å². The molecule has 2 amide bonds. The molecule has 2 heterocycles. The lowest BCUT2D eigenvalue weighted by molar-refractivity contribution is -0.137. The van der Waals surface area contributed by atoms with E-state index in [1.807, 2.05) is 0 Å². The van der Waals surface area contributed by atoms with Crippen LogP contribution in [0.1, 0.15) is 40.7 Å². The number of nitrogens with one attached hydrogen (secondary N) is 3. The number of rotatable bonds is 13. The van der Waals surface area contributed by atoms with Gasteiger partial charge < -0.3 is 30.7 Å². The minimum Gasteiger partial charge on any atom is -0.474 e. The highest BCUT2D eigenvalue weighted by Crippen LogP contribution is 2.35. The molecule has 1 aliphatic carbocycles. The fourth-order valence-electron chi connectivity index (χ4n) is 4.87. The molecular formula is C31H35F3N6O6S. The van der Waals surface area contributed by atoms with Crippen molar-refractivity contribution in [1.29, 1.82) is 0 Å². The number of carbonyl (C=O) groups is 2. The average molecular weight is 677 g/mol. The third kappa shape index (κ3) is 9.33. The Balaban J connectivity index is 1.13. The number of amides is 2. The topological polar surface area (TPSA) is 153 Å². The van der Waals surface area contributed by atoms with E-state index < -0.39 is 27.9 Å². The first kappa shape index (κ1) is 33.9. The van der Waals surface area contributed by atoms with Crippen molar-refractivity contribution in [3.8, 4) is 5.88 Å². The van der Waals surface area contributed by atoms with Crippen molar-refractivity contribution in [3.05, 3.63) is 77.4 Å². The fourth-order valence-corrected chi connectivity index (χ4v) is 6.29. The van der Waals surface area contributed by atoms with Crippen LogP contribution in [0.4, 0.5) is 29.5 Å². The van der Waals surface area contributed by atoms with Crippen molar-refractivity contribution in [2.24, 2.45) is 0 Å². The molecule has 0 atom stereocenters. The number of benzene rings is 2. The van der Waals surface area contributed by atoms with Gasteiger partial charge in [-0.3, -0.25) is 4.79 Å². The molecule has 47 heavy (non-hydrogen) atoms. The number of aromatic nitrogens is 1. The molecule has 3 aromatic rings. The molecule has 16 heteroatoms. The molecule has 0 radical (unpaired) electrons. The van der Waals surface area contributed by atoms with Crippen LogP contribution in [0.2, 0.25) is 0 Å². The van der Waals surface area contributed by atoms with Crippen LogP contribution in [0.25, 0.3) is 0 Å². The molecule has 1 aliphatic heterocycles. The van der Waals surface area contributed by atoms with Gasteiger partial charge in [-0.25, -0.2) is 13.2 Å². The number of hydrogen-bond acceptors (Lipinski definition) is 8. The summed E-state index contributed by atoms with van der Waals surface area (Å²) in [5.41, 5.74) is 0.891. The zero-order valence-corrected chi connectivity index (χ0v) is 26.1. The highest BCUT2D eigenvalue weighted by molar-refractivity contribution is 7.89. The second-order valence-corrected chi connectivity index (χ2v) is 13.1. The number of halogens is 3. The summed E-state index contributed by atoms with van der Waals surface area (Å²) >= 11 is 0.